The number of amides is 1. The van der Waals surface area contributed by atoms with Crippen LogP contribution in [0, 0.1) is 5.92 Å². The van der Waals surface area contributed by atoms with Gasteiger partial charge in [-0.05, 0) is 18.1 Å². The number of ether oxygens (including phenoxy) is 1. The van der Waals surface area contributed by atoms with Gasteiger partial charge in [0.15, 0.2) is 5.82 Å². The normalized spacial score (nSPS) is 20.9. The summed E-state index contributed by atoms with van der Waals surface area (Å²) in [5.74, 6) is 0.862. The molecule has 0 radical (unpaired) electrons. The third-order valence-electron chi connectivity index (χ3n) is 2.41. The Bertz CT molecular complexity index is 353. The lowest BCUT2D eigenvalue weighted by molar-refractivity contribution is 0.116. The van der Waals surface area contributed by atoms with Crippen molar-refractivity contribution in [1.29, 1.82) is 0 Å². The lowest BCUT2D eigenvalue weighted by Gasteiger charge is -2.12. The van der Waals surface area contributed by atoms with Gasteiger partial charge in [0.2, 0.25) is 0 Å². The highest BCUT2D eigenvalue weighted by Crippen LogP contribution is 2.22. The first-order valence-corrected chi connectivity index (χ1v) is 4.94. The average molecular weight is 207 g/mol. The fourth-order valence-electron chi connectivity index (χ4n) is 1.46. The lowest BCUT2D eigenvalue weighted by atomic mass is 10.1. The summed E-state index contributed by atoms with van der Waals surface area (Å²) in [6, 6.07) is 3.50. The van der Waals surface area contributed by atoms with Gasteiger partial charge in [-0.2, -0.15) is 5.10 Å². The molecule has 0 saturated carbocycles. The summed E-state index contributed by atoms with van der Waals surface area (Å²) in [6.07, 6.45) is 1.18. The van der Waals surface area contributed by atoms with Gasteiger partial charge >= 0.3 is 6.09 Å². The molecule has 15 heavy (non-hydrogen) atoms. The number of hydrogen-bond acceptors (Lipinski definition) is 4. The van der Waals surface area contributed by atoms with E-state index >= 15 is 0 Å². The van der Waals surface area contributed by atoms with Gasteiger partial charge in [-0.3, -0.25) is 4.90 Å². The van der Waals surface area contributed by atoms with Gasteiger partial charge in [-0.25, -0.2) is 4.79 Å². The van der Waals surface area contributed by atoms with Crippen LogP contribution in [0.2, 0.25) is 0 Å². The second kappa shape index (κ2) is 3.84. The molecule has 0 N–H and O–H groups in total. The molecule has 1 saturated heterocycles. The first-order valence-electron chi connectivity index (χ1n) is 4.94. The zero-order chi connectivity index (χ0) is 10.8. The van der Waals surface area contributed by atoms with Crippen LogP contribution in [-0.2, 0) is 4.74 Å². The zero-order valence-corrected chi connectivity index (χ0v) is 8.75. The predicted molar refractivity (Wildman–Crippen MR) is 54.5 cm³/mol. The molecule has 1 unspecified atom stereocenters. The van der Waals surface area contributed by atoms with Gasteiger partial charge in [-0.1, -0.05) is 13.8 Å². The highest BCUT2D eigenvalue weighted by atomic mass is 16.6. The van der Waals surface area contributed by atoms with Crippen LogP contribution in [0.15, 0.2) is 18.3 Å². The number of anilines is 1. The van der Waals surface area contributed by atoms with Crippen molar-refractivity contribution in [3.05, 3.63) is 18.3 Å². The summed E-state index contributed by atoms with van der Waals surface area (Å²) in [4.78, 5) is 13.0. The molecule has 0 bridgehead atoms. The van der Waals surface area contributed by atoms with Crippen molar-refractivity contribution in [1.82, 2.24) is 10.2 Å². The maximum Gasteiger partial charge on any atom is 0.416 e. The minimum atomic E-state index is -0.339. The molecule has 5 heteroatoms. The fourth-order valence-corrected chi connectivity index (χ4v) is 1.46. The molecule has 1 aliphatic heterocycles. The van der Waals surface area contributed by atoms with E-state index in [0.29, 0.717) is 18.3 Å². The molecule has 0 spiro atoms. The van der Waals surface area contributed by atoms with Gasteiger partial charge < -0.3 is 4.74 Å². The minimum absolute atomic E-state index is 0.0560. The smallest absolute Gasteiger partial charge is 0.416 e. The molecule has 2 rings (SSSR count). The minimum Gasteiger partial charge on any atom is -0.444 e. The first kappa shape index (κ1) is 9.89. The lowest BCUT2D eigenvalue weighted by Crippen LogP contribution is -2.26. The van der Waals surface area contributed by atoms with Crippen molar-refractivity contribution in [2.75, 3.05) is 11.4 Å². The molecule has 5 nitrogen and oxygen atoms in total. The highest BCUT2D eigenvalue weighted by Gasteiger charge is 2.34. The summed E-state index contributed by atoms with van der Waals surface area (Å²) in [5, 5.41) is 7.61. The molecule has 1 aromatic rings. The largest absolute Gasteiger partial charge is 0.444 e. The van der Waals surface area contributed by atoms with Crippen LogP contribution in [-0.4, -0.2) is 28.9 Å². The summed E-state index contributed by atoms with van der Waals surface area (Å²) in [5.41, 5.74) is 0. The van der Waals surface area contributed by atoms with E-state index in [4.69, 9.17) is 4.74 Å². The van der Waals surface area contributed by atoms with Crippen molar-refractivity contribution in [3.63, 3.8) is 0 Å². The molecule has 1 atom stereocenters. The summed E-state index contributed by atoms with van der Waals surface area (Å²) >= 11 is 0. The third-order valence-corrected chi connectivity index (χ3v) is 2.41. The molecule has 80 valence electrons. The van der Waals surface area contributed by atoms with E-state index in [1.54, 1.807) is 18.3 Å². The van der Waals surface area contributed by atoms with Crippen LogP contribution >= 0.6 is 0 Å². The van der Waals surface area contributed by atoms with Crippen molar-refractivity contribution < 1.29 is 9.53 Å². The molecule has 0 aliphatic carbocycles. The van der Waals surface area contributed by atoms with Crippen LogP contribution in [0.3, 0.4) is 0 Å². The van der Waals surface area contributed by atoms with Crippen molar-refractivity contribution in [3.8, 4) is 0 Å². The molecule has 1 aliphatic rings. The standard InChI is InChI=1S/C10H13N3O2/c1-7(2)8-6-13(10(14)15-8)9-4-3-5-11-12-9/h3-5,7-8H,6H2,1-2H3. The topological polar surface area (TPSA) is 55.3 Å². The van der Waals surface area contributed by atoms with E-state index in [1.165, 1.54) is 4.90 Å². The van der Waals surface area contributed by atoms with E-state index in [2.05, 4.69) is 10.2 Å². The van der Waals surface area contributed by atoms with Crippen LogP contribution in [0.4, 0.5) is 10.6 Å². The average Bonchev–Trinajstić information content (AvgIpc) is 2.62. The molecule has 1 aromatic heterocycles. The summed E-state index contributed by atoms with van der Waals surface area (Å²) < 4.78 is 5.21. The Morgan fingerprint density at radius 3 is 2.93 bits per heavy atom. The molecular formula is C10H13N3O2. The Kier molecular flexibility index (Phi) is 2.53. The van der Waals surface area contributed by atoms with Gasteiger partial charge in [0.1, 0.15) is 6.10 Å². The van der Waals surface area contributed by atoms with E-state index in [0.717, 1.165) is 0 Å². The van der Waals surface area contributed by atoms with E-state index in [-0.39, 0.29) is 12.2 Å². The Morgan fingerprint density at radius 2 is 2.40 bits per heavy atom. The Labute approximate surface area is 88.1 Å². The summed E-state index contributed by atoms with van der Waals surface area (Å²) in [7, 11) is 0. The molecular weight excluding hydrogens is 194 g/mol. The van der Waals surface area contributed by atoms with Crippen LogP contribution in [0.25, 0.3) is 0 Å². The van der Waals surface area contributed by atoms with Crippen molar-refractivity contribution in [2.24, 2.45) is 5.92 Å². The number of rotatable bonds is 2. The molecule has 1 fully saturated rings. The number of carbonyl (C=O) groups is 1. The second-order valence-corrected chi connectivity index (χ2v) is 3.86. The monoisotopic (exact) mass is 207 g/mol. The number of aromatic nitrogens is 2. The van der Waals surface area contributed by atoms with Crippen LogP contribution in [0.1, 0.15) is 13.8 Å². The van der Waals surface area contributed by atoms with Gasteiger partial charge in [0.25, 0.3) is 0 Å². The Balaban J connectivity index is 2.16. The number of cyclic esters (lactones) is 1. The maximum absolute atomic E-state index is 11.5. The fraction of sp³-hybridized carbons (Fsp3) is 0.500. The SMILES string of the molecule is CC(C)C1CN(c2cccnn2)C(=O)O1. The Hall–Kier alpha value is -1.65. The molecule has 2 heterocycles. The van der Waals surface area contributed by atoms with Gasteiger partial charge in [-0.15, -0.1) is 5.10 Å². The number of nitrogens with zero attached hydrogens (tertiary/aromatic N) is 3. The summed E-state index contributed by atoms with van der Waals surface area (Å²) in [6.45, 7) is 4.60. The maximum atomic E-state index is 11.5. The van der Waals surface area contributed by atoms with E-state index in [1.807, 2.05) is 13.8 Å². The predicted octanol–water partition coefficient (Wildman–Crippen LogP) is 1.46. The zero-order valence-electron chi connectivity index (χ0n) is 8.75. The van der Waals surface area contributed by atoms with Crippen LogP contribution in [0.5, 0.6) is 0 Å². The van der Waals surface area contributed by atoms with Crippen molar-refractivity contribution in [2.45, 2.75) is 20.0 Å². The molecule has 1 amide bonds. The quantitative estimate of drug-likeness (QED) is 0.736. The molecule has 0 aromatic carbocycles. The second-order valence-electron chi connectivity index (χ2n) is 3.86. The van der Waals surface area contributed by atoms with Crippen molar-refractivity contribution >= 4 is 11.9 Å². The Morgan fingerprint density at radius 1 is 1.60 bits per heavy atom. The van der Waals surface area contributed by atoms with Crippen LogP contribution < -0.4 is 4.90 Å². The van der Waals surface area contributed by atoms with E-state index in [9.17, 15) is 4.79 Å². The first-order chi connectivity index (χ1) is 7.18. The van der Waals surface area contributed by atoms with Gasteiger partial charge in [0.05, 0.1) is 6.54 Å². The number of hydrogen-bond donors (Lipinski definition) is 0. The number of carbonyl (C=O) groups excluding carboxylic acids is 1. The third kappa shape index (κ3) is 1.91. The van der Waals surface area contributed by atoms with Gasteiger partial charge in [0, 0.05) is 6.20 Å². The highest BCUT2D eigenvalue weighted by molar-refractivity contribution is 5.88. The van der Waals surface area contributed by atoms with E-state index < -0.39 is 0 Å².